The molecular weight excluding hydrogens is 481 g/mol. The first-order chi connectivity index (χ1) is 15.3. The predicted octanol–water partition coefficient (Wildman–Crippen LogP) is -0.921. The van der Waals surface area contributed by atoms with Crippen molar-refractivity contribution < 1.29 is 34.8 Å². The monoisotopic (exact) mass is 503 g/mol. The molecule has 3 aliphatic rings. The van der Waals surface area contributed by atoms with Crippen LogP contribution < -0.4 is 9.36 Å². The third-order valence-corrected chi connectivity index (χ3v) is 8.47. The van der Waals surface area contributed by atoms with Crippen LogP contribution in [0.5, 0.6) is 0 Å². The number of allylic oxidation sites excluding steroid dienone is 1. The molecule has 0 spiro atoms. The van der Waals surface area contributed by atoms with Gasteiger partial charge >= 0.3 is 190 Å². The van der Waals surface area contributed by atoms with E-state index in [1.807, 2.05) is 25.1 Å². The van der Waals surface area contributed by atoms with Gasteiger partial charge in [-0.15, -0.1) is 0 Å². The second-order valence-corrected chi connectivity index (χ2v) is 10.3. The SMILES string of the molecule is Cc1ccc2c(c1)/C(=C1/[Se]c3ccccc3C1=O)C(=O)N2[C@@H]1O[C@H](CO)[C@@H](O)[C@H](O)[C@@H]1O. The number of Topliss-reactive ketones (excluding diaryl/α,β-unsaturated/α-hetero) is 1. The second kappa shape index (κ2) is 7.90. The zero-order valence-corrected chi connectivity index (χ0v) is 18.7. The van der Waals surface area contributed by atoms with Gasteiger partial charge in [-0.2, -0.15) is 0 Å². The quantitative estimate of drug-likeness (QED) is 0.309. The Morgan fingerprint density at radius 3 is 2.47 bits per heavy atom. The zero-order valence-electron chi connectivity index (χ0n) is 17.0. The average Bonchev–Trinajstić information content (AvgIpc) is 3.25. The topological polar surface area (TPSA) is 128 Å². The number of amides is 1. The summed E-state index contributed by atoms with van der Waals surface area (Å²) in [5, 5.41) is 40.6. The van der Waals surface area contributed by atoms with Crippen LogP contribution in [-0.2, 0) is 9.53 Å². The number of rotatable bonds is 2. The fourth-order valence-electron chi connectivity index (χ4n) is 4.36. The first-order valence-electron chi connectivity index (χ1n) is 10.1. The molecular formula is C23H21NO7Se. The second-order valence-electron chi connectivity index (χ2n) is 8.05. The van der Waals surface area contributed by atoms with Gasteiger partial charge in [0.25, 0.3) is 0 Å². The van der Waals surface area contributed by atoms with E-state index >= 15 is 0 Å². The molecule has 0 saturated carbocycles. The van der Waals surface area contributed by atoms with Crippen molar-refractivity contribution in [3.8, 4) is 0 Å². The summed E-state index contributed by atoms with van der Waals surface area (Å²) in [6.07, 6.45) is -7.26. The van der Waals surface area contributed by atoms with E-state index in [2.05, 4.69) is 0 Å². The Morgan fingerprint density at radius 1 is 1.00 bits per heavy atom. The number of carbonyl (C=O) groups excluding carboxylic acids is 2. The molecule has 1 saturated heterocycles. The number of nitrogens with zero attached hydrogens (tertiary/aromatic N) is 1. The van der Waals surface area contributed by atoms with Crippen molar-refractivity contribution in [3.63, 3.8) is 0 Å². The van der Waals surface area contributed by atoms with Crippen molar-refractivity contribution in [2.45, 2.75) is 37.6 Å². The number of hydrogen-bond donors (Lipinski definition) is 4. The Hall–Kier alpha value is -2.36. The number of benzene rings is 2. The standard InChI is InChI=1S/C23H21NO7Se/c1-10-6-7-13-12(8-10)16(21-17(26)11-4-2-3-5-15(11)32-21)22(30)24(13)23-20(29)19(28)18(27)14(9-25)31-23/h2-8,14,18-20,23,25,27-29H,9H2,1H3/b21-16-/t14-,18-,19+,20+,23-/m1/s1. The molecule has 2 aromatic rings. The Balaban J connectivity index is 1.64. The summed E-state index contributed by atoms with van der Waals surface area (Å²) in [7, 11) is 0. The third kappa shape index (κ3) is 3.09. The molecule has 0 radical (unpaired) electrons. The molecule has 1 amide bonds. The minimum atomic E-state index is -1.62. The summed E-state index contributed by atoms with van der Waals surface area (Å²) in [6.45, 7) is 1.27. The van der Waals surface area contributed by atoms with Gasteiger partial charge in [0, 0.05) is 0 Å². The molecule has 3 aliphatic heterocycles. The van der Waals surface area contributed by atoms with Crippen molar-refractivity contribution in [2.75, 3.05) is 11.5 Å². The molecule has 3 heterocycles. The fourth-order valence-corrected chi connectivity index (χ4v) is 6.75. The summed E-state index contributed by atoms with van der Waals surface area (Å²) in [4.78, 5) is 28.1. The van der Waals surface area contributed by atoms with E-state index in [0.717, 1.165) is 10.0 Å². The third-order valence-electron chi connectivity index (χ3n) is 6.01. The van der Waals surface area contributed by atoms with E-state index < -0.39 is 43.2 Å². The van der Waals surface area contributed by atoms with Crippen LogP contribution in [-0.4, -0.2) is 84.3 Å². The zero-order chi connectivity index (χ0) is 22.7. The van der Waals surface area contributed by atoms with Crippen LogP contribution in [0.15, 0.2) is 46.9 Å². The van der Waals surface area contributed by atoms with E-state index in [1.165, 1.54) is 4.90 Å². The van der Waals surface area contributed by atoms with E-state index in [-0.39, 0.29) is 26.3 Å². The summed E-state index contributed by atoms with van der Waals surface area (Å²) in [5.74, 6) is -0.708. The first kappa shape index (κ1) is 21.5. The molecule has 1 fully saturated rings. The number of ketones is 1. The van der Waals surface area contributed by atoms with Crippen molar-refractivity contribution in [3.05, 3.63) is 63.6 Å². The average molecular weight is 502 g/mol. The van der Waals surface area contributed by atoms with Gasteiger partial charge in [0.2, 0.25) is 0 Å². The summed E-state index contributed by atoms with van der Waals surface area (Å²) in [5.41, 5.74) is 2.74. The van der Waals surface area contributed by atoms with Crippen molar-refractivity contribution >= 4 is 42.4 Å². The normalized spacial score (nSPS) is 31.8. The van der Waals surface area contributed by atoms with Gasteiger partial charge in [0.15, 0.2) is 0 Å². The molecule has 32 heavy (non-hydrogen) atoms. The molecule has 2 aromatic carbocycles. The molecule has 4 N–H and O–H groups in total. The van der Waals surface area contributed by atoms with Gasteiger partial charge in [0.1, 0.15) is 0 Å². The number of fused-ring (bicyclic) bond motifs is 2. The molecule has 5 atom stereocenters. The molecule has 0 aromatic heterocycles. The maximum absolute atomic E-state index is 13.7. The Bertz CT molecular complexity index is 1160. The molecule has 0 bridgehead atoms. The Labute approximate surface area is 189 Å². The molecule has 8 nitrogen and oxygen atoms in total. The van der Waals surface area contributed by atoms with Crippen LogP contribution in [0.3, 0.4) is 0 Å². The number of aryl methyl sites for hydroxylation is 1. The van der Waals surface area contributed by atoms with Gasteiger partial charge in [-0.3, -0.25) is 0 Å². The fraction of sp³-hybridized carbons (Fsp3) is 0.304. The number of anilines is 1. The van der Waals surface area contributed by atoms with Gasteiger partial charge in [-0.25, -0.2) is 0 Å². The van der Waals surface area contributed by atoms with Crippen molar-refractivity contribution in [2.24, 2.45) is 0 Å². The summed E-state index contributed by atoms with van der Waals surface area (Å²) >= 11 is -0.370. The van der Waals surface area contributed by atoms with Crippen LogP contribution in [0.25, 0.3) is 5.57 Å². The van der Waals surface area contributed by atoms with Crippen LogP contribution in [0.2, 0.25) is 0 Å². The van der Waals surface area contributed by atoms with E-state index in [0.29, 0.717) is 21.3 Å². The van der Waals surface area contributed by atoms with E-state index in [9.17, 15) is 30.0 Å². The van der Waals surface area contributed by atoms with Crippen molar-refractivity contribution in [1.82, 2.24) is 0 Å². The number of aliphatic hydroxyl groups excluding tert-OH is 4. The number of hydrogen-bond acceptors (Lipinski definition) is 7. The van der Waals surface area contributed by atoms with Crippen LogP contribution in [0, 0.1) is 6.92 Å². The van der Waals surface area contributed by atoms with Gasteiger partial charge in [-0.05, 0) is 0 Å². The number of aliphatic hydroxyl groups is 4. The van der Waals surface area contributed by atoms with E-state index in [1.54, 1.807) is 24.3 Å². The van der Waals surface area contributed by atoms with E-state index in [4.69, 9.17) is 4.74 Å². The molecule has 166 valence electrons. The van der Waals surface area contributed by atoms with Crippen LogP contribution in [0.1, 0.15) is 21.5 Å². The summed E-state index contributed by atoms with van der Waals surface area (Å²) in [6, 6.07) is 12.6. The Morgan fingerprint density at radius 2 is 1.75 bits per heavy atom. The van der Waals surface area contributed by atoms with Gasteiger partial charge in [-0.1, -0.05) is 0 Å². The maximum atomic E-state index is 13.7. The molecule has 9 heteroatoms. The molecule has 5 rings (SSSR count). The minimum absolute atomic E-state index is 0.188. The van der Waals surface area contributed by atoms with Crippen LogP contribution >= 0.6 is 0 Å². The molecule has 0 aliphatic carbocycles. The summed E-state index contributed by atoms with van der Waals surface area (Å²) < 4.78 is 7.00. The predicted molar refractivity (Wildman–Crippen MR) is 116 cm³/mol. The number of carbonyl (C=O) groups is 2. The van der Waals surface area contributed by atoms with Gasteiger partial charge in [0.05, 0.1) is 0 Å². The van der Waals surface area contributed by atoms with Crippen molar-refractivity contribution in [1.29, 1.82) is 0 Å². The van der Waals surface area contributed by atoms with Gasteiger partial charge < -0.3 is 0 Å². The van der Waals surface area contributed by atoms with Crippen LogP contribution in [0.4, 0.5) is 5.69 Å². The first-order valence-corrected chi connectivity index (χ1v) is 11.9. The number of ether oxygens (including phenoxy) is 1. The Kier molecular flexibility index (Phi) is 5.30. The molecule has 0 unspecified atom stereocenters.